The van der Waals surface area contributed by atoms with Crippen molar-refractivity contribution in [1.82, 2.24) is 14.8 Å². The molecular weight excluding hydrogens is 470 g/mol. The number of halogens is 3. The highest BCUT2D eigenvalue weighted by Crippen LogP contribution is 2.26. The van der Waals surface area contributed by atoms with Gasteiger partial charge in [-0.25, -0.2) is 13.8 Å². The van der Waals surface area contributed by atoms with Crippen LogP contribution in [0.4, 0.5) is 13.9 Å². The molecule has 0 atom stereocenters. The summed E-state index contributed by atoms with van der Waals surface area (Å²) in [4.78, 5) is 21.1. The number of benzene rings is 2. The molecule has 1 amide bonds. The molecule has 33 heavy (non-hydrogen) atoms. The highest BCUT2D eigenvalue weighted by atomic mass is 35.5. The predicted molar refractivity (Wildman–Crippen MR) is 126 cm³/mol. The summed E-state index contributed by atoms with van der Waals surface area (Å²) in [6.07, 6.45) is 0. The molecule has 1 fully saturated rings. The van der Waals surface area contributed by atoms with E-state index in [4.69, 9.17) is 16.3 Å². The summed E-state index contributed by atoms with van der Waals surface area (Å²) in [6, 6.07) is 11.0. The van der Waals surface area contributed by atoms with Crippen LogP contribution in [0.2, 0.25) is 5.02 Å². The smallest absolute Gasteiger partial charge is 0.240 e. The Hall–Kier alpha value is -2.59. The minimum atomic E-state index is -0.930. The largest absolute Gasteiger partial charge is 0.491 e. The van der Waals surface area contributed by atoms with Crippen molar-refractivity contribution in [2.75, 3.05) is 51.2 Å². The molecule has 6 nitrogen and oxygen atoms in total. The van der Waals surface area contributed by atoms with E-state index >= 15 is 0 Å². The first kappa shape index (κ1) is 23.6. The van der Waals surface area contributed by atoms with Gasteiger partial charge in [0.2, 0.25) is 5.91 Å². The first-order chi connectivity index (χ1) is 16.0. The monoisotopic (exact) mass is 492 g/mol. The molecule has 0 radical (unpaired) electrons. The van der Waals surface area contributed by atoms with Gasteiger partial charge in [0.05, 0.1) is 17.3 Å². The van der Waals surface area contributed by atoms with Crippen LogP contribution in [0.15, 0.2) is 47.8 Å². The van der Waals surface area contributed by atoms with Gasteiger partial charge in [-0.15, -0.1) is 11.3 Å². The molecular formula is C23H23ClF2N4O2S. The number of amides is 1. The average Bonchev–Trinajstić information content (AvgIpc) is 3.26. The Morgan fingerprint density at radius 2 is 1.85 bits per heavy atom. The average molecular weight is 493 g/mol. The number of hydrogen-bond acceptors (Lipinski definition) is 6. The Morgan fingerprint density at radius 3 is 2.61 bits per heavy atom. The SMILES string of the molecule is O=C(CN1CCN(CCOc2ccccc2Cl)CC1)Nc1nc(-c2ccc(F)c(F)c2)cs1. The van der Waals surface area contributed by atoms with Gasteiger partial charge in [0.1, 0.15) is 12.4 Å². The lowest BCUT2D eigenvalue weighted by atomic mass is 10.2. The van der Waals surface area contributed by atoms with E-state index in [1.165, 1.54) is 17.4 Å². The van der Waals surface area contributed by atoms with Crippen LogP contribution in [0.1, 0.15) is 0 Å². The van der Waals surface area contributed by atoms with Gasteiger partial charge in [-0.3, -0.25) is 14.6 Å². The molecule has 0 saturated carbocycles. The molecule has 1 saturated heterocycles. The number of nitrogens with zero attached hydrogens (tertiary/aromatic N) is 3. The number of para-hydroxylation sites is 1. The van der Waals surface area contributed by atoms with Crippen LogP contribution in [0.5, 0.6) is 5.75 Å². The Balaban J connectivity index is 1.18. The van der Waals surface area contributed by atoms with Crippen molar-refractivity contribution in [3.63, 3.8) is 0 Å². The number of hydrogen-bond donors (Lipinski definition) is 1. The number of ether oxygens (including phenoxy) is 1. The number of anilines is 1. The van der Waals surface area contributed by atoms with E-state index in [0.717, 1.165) is 44.9 Å². The summed E-state index contributed by atoms with van der Waals surface area (Å²) in [6.45, 7) is 4.85. The second-order valence-electron chi connectivity index (χ2n) is 7.61. The molecule has 3 aromatic rings. The van der Waals surface area contributed by atoms with E-state index in [0.29, 0.717) is 33.8 Å². The zero-order valence-electron chi connectivity index (χ0n) is 17.8. The van der Waals surface area contributed by atoms with Crippen molar-refractivity contribution in [2.45, 2.75) is 0 Å². The summed E-state index contributed by atoms with van der Waals surface area (Å²) in [5, 5.41) is 5.52. The summed E-state index contributed by atoms with van der Waals surface area (Å²) < 4.78 is 32.3. The number of carbonyl (C=O) groups is 1. The Bertz CT molecular complexity index is 1110. The topological polar surface area (TPSA) is 57.7 Å². The van der Waals surface area contributed by atoms with Crippen molar-refractivity contribution >= 4 is 34.0 Å². The lowest BCUT2D eigenvalue weighted by Gasteiger charge is -2.34. The molecule has 1 aliphatic rings. The summed E-state index contributed by atoms with van der Waals surface area (Å²) >= 11 is 7.34. The zero-order valence-corrected chi connectivity index (χ0v) is 19.3. The van der Waals surface area contributed by atoms with E-state index in [-0.39, 0.29) is 12.5 Å². The van der Waals surface area contributed by atoms with Crippen LogP contribution in [0, 0.1) is 11.6 Å². The van der Waals surface area contributed by atoms with Crippen molar-refractivity contribution in [1.29, 1.82) is 0 Å². The van der Waals surface area contributed by atoms with Crippen LogP contribution in [-0.2, 0) is 4.79 Å². The quantitative estimate of drug-likeness (QED) is 0.506. The summed E-state index contributed by atoms with van der Waals surface area (Å²) in [7, 11) is 0. The number of thiazole rings is 1. The lowest BCUT2D eigenvalue weighted by molar-refractivity contribution is -0.117. The Morgan fingerprint density at radius 1 is 1.09 bits per heavy atom. The Labute approximate surface area is 199 Å². The molecule has 1 N–H and O–H groups in total. The van der Waals surface area contributed by atoms with Gasteiger partial charge in [0, 0.05) is 43.7 Å². The second kappa shape index (κ2) is 11.0. The van der Waals surface area contributed by atoms with Crippen LogP contribution < -0.4 is 10.1 Å². The maximum Gasteiger partial charge on any atom is 0.240 e. The van der Waals surface area contributed by atoms with Gasteiger partial charge in [-0.05, 0) is 30.3 Å². The molecule has 2 aromatic carbocycles. The van der Waals surface area contributed by atoms with Crippen LogP contribution >= 0.6 is 22.9 Å². The minimum Gasteiger partial charge on any atom is -0.491 e. The zero-order chi connectivity index (χ0) is 23.2. The van der Waals surface area contributed by atoms with Gasteiger partial charge in [-0.1, -0.05) is 23.7 Å². The minimum absolute atomic E-state index is 0.156. The molecule has 0 bridgehead atoms. The molecule has 10 heteroatoms. The molecule has 174 valence electrons. The standard InChI is InChI=1S/C23H23ClF2N4O2S/c24-17-3-1-2-4-21(17)32-12-11-29-7-9-30(10-8-29)14-22(31)28-23-27-20(15-33-23)16-5-6-18(25)19(26)13-16/h1-6,13,15H,7-12,14H2,(H,27,28,31). The fourth-order valence-corrected chi connectivity index (χ4v) is 4.42. The molecule has 0 spiro atoms. The first-order valence-electron chi connectivity index (χ1n) is 10.5. The van der Waals surface area contributed by atoms with E-state index in [2.05, 4.69) is 20.1 Å². The third-order valence-electron chi connectivity index (χ3n) is 5.30. The number of rotatable bonds is 8. The van der Waals surface area contributed by atoms with Crippen molar-refractivity contribution in [3.8, 4) is 17.0 Å². The molecule has 4 rings (SSSR count). The number of carbonyl (C=O) groups excluding carboxylic acids is 1. The molecule has 0 unspecified atom stereocenters. The van der Waals surface area contributed by atoms with Gasteiger partial charge in [0.25, 0.3) is 0 Å². The summed E-state index contributed by atoms with van der Waals surface area (Å²) in [5.41, 5.74) is 0.946. The lowest BCUT2D eigenvalue weighted by Crippen LogP contribution is -2.49. The van der Waals surface area contributed by atoms with Gasteiger partial charge < -0.3 is 10.1 Å². The van der Waals surface area contributed by atoms with E-state index in [1.807, 2.05) is 18.2 Å². The third-order valence-corrected chi connectivity index (χ3v) is 6.37. The normalized spacial score (nSPS) is 14.9. The maximum absolute atomic E-state index is 13.4. The maximum atomic E-state index is 13.4. The first-order valence-corrected chi connectivity index (χ1v) is 11.8. The van der Waals surface area contributed by atoms with Crippen molar-refractivity contribution < 1.29 is 18.3 Å². The predicted octanol–water partition coefficient (Wildman–Crippen LogP) is 4.38. The van der Waals surface area contributed by atoms with Gasteiger partial charge >= 0.3 is 0 Å². The fraction of sp³-hybridized carbons (Fsp3) is 0.304. The van der Waals surface area contributed by atoms with Gasteiger partial charge in [-0.2, -0.15) is 0 Å². The molecule has 0 aliphatic carbocycles. The summed E-state index contributed by atoms with van der Waals surface area (Å²) in [5.74, 6) is -1.31. The van der Waals surface area contributed by atoms with E-state index in [1.54, 1.807) is 11.4 Å². The van der Waals surface area contributed by atoms with Crippen molar-refractivity contribution in [2.24, 2.45) is 0 Å². The molecule has 2 heterocycles. The van der Waals surface area contributed by atoms with Crippen molar-refractivity contribution in [3.05, 3.63) is 64.5 Å². The number of piperazine rings is 1. The number of aromatic nitrogens is 1. The number of nitrogens with one attached hydrogen (secondary N) is 1. The fourth-order valence-electron chi connectivity index (χ4n) is 3.50. The van der Waals surface area contributed by atoms with Gasteiger partial charge in [0.15, 0.2) is 16.8 Å². The Kier molecular flexibility index (Phi) is 7.87. The van der Waals surface area contributed by atoms with Crippen LogP contribution in [0.25, 0.3) is 11.3 Å². The highest BCUT2D eigenvalue weighted by Gasteiger charge is 2.19. The van der Waals surface area contributed by atoms with E-state index in [9.17, 15) is 13.6 Å². The van der Waals surface area contributed by atoms with Crippen LogP contribution in [-0.4, -0.2) is 66.6 Å². The molecule has 1 aliphatic heterocycles. The third kappa shape index (κ3) is 6.48. The van der Waals surface area contributed by atoms with Crippen LogP contribution in [0.3, 0.4) is 0 Å². The van der Waals surface area contributed by atoms with E-state index < -0.39 is 11.6 Å². The highest BCUT2D eigenvalue weighted by molar-refractivity contribution is 7.14. The second-order valence-corrected chi connectivity index (χ2v) is 8.88. The molecule has 1 aromatic heterocycles.